The van der Waals surface area contributed by atoms with Gasteiger partial charge in [0.1, 0.15) is 0 Å². The van der Waals surface area contributed by atoms with Crippen LogP contribution in [0.25, 0.3) is 0 Å². The van der Waals surface area contributed by atoms with E-state index in [1.54, 1.807) is 24.3 Å². The van der Waals surface area contributed by atoms with E-state index in [9.17, 15) is 13.0 Å². The zero-order valence-corrected chi connectivity index (χ0v) is 18.8. The Morgan fingerprint density at radius 1 is 0.906 bits per heavy atom. The van der Waals surface area contributed by atoms with Crippen molar-refractivity contribution in [3.8, 4) is 0 Å². The third kappa shape index (κ3) is 5.35. The van der Waals surface area contributed by atoms with Crippen LogP contribution in [0.15, 0.2) is 89.4 Å². The lowest BCUT2D eigenvalue weighted by atomic mass is 10.2. The SMILES string of the molecule is O=S(=O)(O)c1cccc(C2N=NN=[N+]2SS[N+]2=NN=NC2c2cccc(SOOO)c2)c1. The minimum absolute atomic E-state index is 0.254. The van der Waals surface area contributed by atoms with Crippen LogP contribution in [0, 0.1) is 0 Å². The minimum Gasteiger partial charge on any atom is -0.282 e. The summed E-state index contributed by atoms with van der Waals surface area (Å²) in [6.45, 7) is 0. The maximum Gasteiger partial charge on any atom is 0.294 e. The summed E-state index contributed by atoms with van der Waals surface area (Å²) >= 11 is 0.815. The molecule has 2 aromatic rings. The van der Waals surface area contributed by atoms with Crippen LogP contribution in [0.5, 0.6) is 0 Å². The van der Waals surface area contributed by atoms with E-state index in [1.165, 1.54) is 26.4 Å². The summed E-state index contributed by atoms with van der Waals surface area (Å²) in [6, 6.07) is 12.8. The van der Waals surface area contributed by atoms with E-state index in [0.29, 0.717) is 10.5 Å². The van der Waals surface area contributed by atoms with Gasteiger partial charge < -0.3 is 0 Å². The fraction of sp³-hybridized carbons (Fsp3) is 0.143. The van der Waals surface area contributed by atoms with Gasteiger partial charge in [-0.2, -0.15) is 8.42 Å². The van der Waals surface area contributed by atoms with Gasteiger partial charge in [0.2, 0.25) is 32.4 Å². The van der Waals surface area contributed by atoms with Crippen molar-refractivity contribution in [3.63, 3.8) is 0 Å². The Hall–Kier alpha value is -2.32. The van der Waals surface area contributed by atoms with Crippen molar-refractivity contribution >= 4 is 44.1 Å². The molecule has 0 saturated carbocycles. The Kier molecular flexibility index (Phi) is 7.20. The average molecular weight is 517 g/mol. The maximum atomic E-state index is 11.4. The average Bonchev–Trinajstić information content (AvgIpc) is 3.45. The van der Waals surface area contributed by atoms with Gasteiger partial charge in [0.25, 0.3) is 22.4 Å². The third-order valence-electron chi connectivity index (χ3n) is 3.95. The van der Waals surface area contributed by atoms with Crippen molar-refractivity contribution in [2.24, 2.45) is 31.1 Å². The van der Waals surface area contributed by atoms with Gasteiger partial charge in [-0.15, -0.1) is 4.33 Å². The first-order chi connectivity index (χ1) is 15.5. The third-order valence-corrected chi connectivity index (χ3v) is 7.41. The lowest BCUT2D eigenvalue weighted by Crippen LogP contribution is -2.08. The van der Waals surface area contributed by atoms with E-state index in [0.717, 1.165) is 39.6 Å². The summed E-state index contributed by atoms with van der Waals surface area (Å²) in [5.74, 6) is 0. The molecule has 0 spiro atoms. The van der Waals surface area contributed by atoms with Crippen molar-refractivity contribution in [1.29, 1.82) is 0 Å². The van der Waals surface area contributed by atoms with Crippen LogP contribution < -0.4 is 0 Å². The van der Waals surface area contributed by atoms with Crippen LogP contribution in [0.3, 0.4) is 0 Å². The predicted molar refractivity (Wildman–Crippen MR) is 109 cm³/mol. The molecular formula is C14H12N8O6S4+2. The molecule has 0 aromatic heterocycles. The topological polar surface area (TPSA) is 173 Å². The molecule has 2 atom stereocenters. The molecule has 2 aliphatic rings. The second-order valence-corrected chi connectivity index (χ2v) is 10.1. The maximum absolute atomic E-state index is 11.4. The van der Waals surface area contributed by atoms with Crippen molar-refractivity contribution in [2.75, 3.05) is 0 Å². The molecule has 32 heavy (non-hydrogen) atoms. The van der Waals surface area contributed by atoms with Crippen molar-refractivity contribution < 1.29 is 35.8 Å². The summed E-state index contributed by atoms with van der Waals surface area (Å²) in [4.78, 5) is 0.400. The lowest BCUT2D eigenvalue weighted by molar-refractivity contribution is -0.473. The van der Waals surface area contributed by atoms with Gasteiger partial charge in [-0.1, -0.05) is 37.5 Å². The molecule has 2 aromatic carbocycles. The molecule has 14 nitrogen and oxygen atoms in total. The normalized spacial score (nSPS) is 19.9. The monoisotopic (exact) mass is 516 g/mol. The quantitative estimate of drug-likeness (QED) is 0.0887. The Morgan fingerprint density at radius 3 is 2.09 bits per heavy atom. The van der Waals surface area contributed by atoms with E-state index in [-0.39, 0.29) is 4.90 Å². The highest BCUT2D eigenvalue weighted by Crippen LogP contribution is 2.40. The molecule has 0 saturated heterocycles. The Morgan fingerprint density at radius 2 is 1.50 bits per heavy atom. The largest absolute Gasteiger partial charge is 0.294 e. The second-order valence-electron chi connectivity index (χ2n) is 5.94. The van der Waals surface area contributed by atoms with Crippen molar-refractivity contribution in [2.45, 2.75) is 22.1 Å². The number of rotatable bonds is 9. The number of hydrogen-bond donors (Lipinski definition) is 2. The van der Waals surface area contributed by atoms with Crippen LogP contribution in [-0.2, 0) is 19.5 Å². The summed E-state index contributed by atoms with van der Waals surface area (Å²) in [5, 5.41) is 35.3. The molecule has 0 bridgehead atoms. The summed E-state index contributed by atoms with van der Waals surface area (Å²) in [7, 11) is -2.08. The van der Waals surface area contributed by atoms with Gasteiger partial charge in [-0.05, 0) is 24.3 Å². The number of benzene rings is 2. The van der Waals surface area contributed by atoms with Gasteiger partial charge in [0, 0.05) is 26.3 Å². The van der Waals surface area contributed by atoms with E-state index in [1.807, 2.05) is 6.07 Å². The van der Waals surface area contributed by atoms with Crippen LogP contribution in [-0.4, -0.2) is 26.4 Å². The van der Waals surface area contributed by atoms with Crippen LogP contribution >= 0.6 is 34.0 Å². The highest BCUT2D eigenvalue weighted by molar-refractivity contribution is 8.71. The number of hydrogen-bond acceptors (Lipinski definition) is 14. The molecule has 2 unspecified atom stereocenters. The summed E-state index contributed by atoms with van der Waals surface area (Å²) in [5.41, 5.74) is 1.22. The molecule has 4 rings (SSSR count). The van der Waals surface area contributed by atoms with Gasteiger partial charge >= 0.3 is 0 Å². The van der Waals surface area contributed by atoms with Crippen LogP contribution in [0.2, 0.25) is 0 Å². The molecule has 0 aliphatic carbocycles. The first-order valence-corrected chi connectivity index (χ1v) is 12.7. The zero-order valence-electron chi connectivity index (χ0n) is 15.5. The fourth-order valence-electron chi connectivity index (χ4n) is 2.59. The highest BCUT2D eigenvalue weighted by atomic mass is 33.1. The molecule has 166 valence electrons. The fourth-order valence-corrected chi connectivity index (χ4v) is 5.39. The molecule has 0 radical (unpaired) electrons. The predicted octanol–water partition coefficient (Wildman–Crippen LogP) is 4.96. The first kappa shape index (κ1) is 22.9. The summed E-state index contributed by atoms with van der Waals surface area (Å²) < 4.78 is 39.5. The zero-order chi connectivity index (χ0) is 22.6. The standard InChI is InChI=1S/C14H10N8O6S4/c23-27-28-29-11-5-1-3-9(7-11)13-15-17-19-21(13)30-31-22-14(16-18-20-22)10-4-2-6-12(8-10)32(24,25)26/h1-8,13-14H/p+2. The van der Waals surface area contributed by atoms with Crippen LogP contribution in [0.1, 0.15) is 23.5 Å². The van der Waals surface area contributed by atoms with E-state index in [4.69, 9.17) is 5.26 Å². The molecular weight excluding hydrogens is 504 g/mol. The smallest absolute Gasteiger partial charge is 0.282 e. The number of nitrogens with zero attached hydrogens (tertiary/aromatic N) is 8. The molecule has 0 amide bonds. The van der Waals surface area contributed by atoms with Crippen LogP contribution in [0.4, 0.5) is 0 Å². The highest BCUT2D eigenvalue weighted by Gasteiger charge is 2.36. The minimum atomic E-state index is -4.36. The van der Waals surface area contributed by atoms with Gasteiger partial charge in [0.15, 0.2) is 10.4 Å². The summed E-state index contributed by atoms with van der Waals surface area (Å²) in [6.07, 6.45) is -1.25. The first-order valence-electron chi connectivity index (χ1n) is 8.42. The van der Waals surface area contributed by atoms with Gasteiger partial charge in [-0.25, -0.2) is 5.26 Å². The van der Waals surface area contributed by atoms with Gasteiger partial charge in [-0.3, -0.25) is 4.55 Å². The van der Waals surface area contributed by atoms with Crippen molar-refractivity contribution in [3.05, 3.63) is 59.7 Å². The Labute approximate surface area is 192 Å². The van der Waals surface area contributed by atoms with Gasteiger partial charge in [0.05, 0.1) is 16.9 Å². The van der Waals surface area contributed by atoms with E-state index >= 15 is 0 Å². The Balaban J connectivity index is 1.44. The molecule has 2 heterocycles. The molecule has 2 N–H and O–H groups in total. The van der Waals surface area contributed by atoms with E-state index < -0.39 is 22.4 Å². The Bertz CT molecular complexity index is 1240. The lowest BCUT2D eigenvalue weighted by Gasteiger charge is -2.07. The van der Waals surface area contributed by atoms with E-state index in [2.05, 4.69) is 40.5 Å². The van der Waals surface area contributed by atoms with Crippen molar-refractivity contribution in [1.82, 2.24) is 0 Å². The molecule has 0 fully saturated rings. The molecule has 2 aliphatic heterocycles. The second kappa shape index (κ2) is 10.1. The molecule has 18 heteroatoms.